The van der Waals surface area contributed by atoms with Crippen molar-refractivity contribution in [1.29, 1.82) is 0 Å². The summed E-state index contributed by atoms with van der Waals surface area (Å²) in [5, 5.41) is 5.91. The zero-order valence-corrected chi connectivity index (χ0v) is 17.6. The molecule has 5 heterocycles. The van der Waals surface area contributed by atoms with Crippen molar-refractivity contribution in [3.63, 3.8) is 0 Å². The third kappa shape index (κ3) is 4.49. The highest BCUT2D eigenvalue weighted by molar-refractivity contribution is 5.95. The fourth-order valence-electron chi connectivity index (χ4n) is 4.12. The molecule has 5 rings (SSSR count). The first-order chi connectivity index (χ1) is 15.9. The van der Waals surface area contributed by atoms with Gasteiger partial charge in [0.05, 0.1) is 13.2 Å². The van der Waals surface area contributed by atoms with E-state index < -0.39 is 23.7 Å². The van der Waals surface area contributed by atoms with Crippen LogP contribution in [-0.4, -0.2) is 70.8 Å². The predicted octanol–water partition coefficient (Wildman–Crippen LogP) is 1.43. The molecule has 13 heteroatoms. The van der Waals surface area contributed by atoms with Gasteiger partial charge in [-0.3, -0.25) is 4.79 Å². The van der Waals surface area contributed by atoms with Crippen LogP contribution in [0.15, 0.2) is 12.5 Å². The number of amides is 1. The van der Waals surface area contributed by atoms with Gasteiger partial charge >= 0.3 is 6.18 Å². The van der Waals surface area contributed by atoms with E-state index in [1.807, 2.05) is 0 Å². The number of aromatic nitrogens is 4. The summed E-state index contributed by atoms with van der Waals surface area (Å²) >= 11 is 0. The Balaban J connectivity index is 1.33. The lowest BCUT2D eigenvalue weighted by Gasteiger charge is -2.35. The monoisotopic (exact) mass is 465 g/mol. The molecule has 176 valence electrons. The molecule has 0 unspecified atom stereocenters. The number of anilines is 2. The minimum atomic E-state index is -4.63. The molecule has 0 bridgehead atoms. The summed E-state index contributed by atoms with van der Waals surface area (Å²) in [6, 6.07) is -0.126. The number of fused-ring (bicyclic) bond motifs is 1. The third-order valence-electron chi connectivity index (χ3n) is 5.80. The van der Waals surface area contributed by atoms with E-state index in [1.165, 1.54) is 6.33 Å². The topological polar surface area (TPSA) is 114 Å². The van der Waals surface area contributed by atoms with Gasteiger partial charge in [0.1, 0.15) is 29.5 Å². The molecule has 0 aliphatic carbocycles. The van der Waals surface area contributed by atoms with Crippen molar-refractivity contribution in [3.05, 3.63) is 29.3 Å². The number of carbonyl (C=O) groups is 1. The Morgan fingerprint density at radius 3 is 2.85 bits per heavy atom. The number of nitrogens with zero attached hydrogens (tertiary/aromatic N) is 5. The van der Waals surface area contributed by atoms with Crippen molar-refractivity contribution in [2.45, 2.75) is 37.6 Å². The van der Waals surface area contributed by atoms with E-state index in [9.17, 15) is 18.0 Å². The predicted molar refractivity (Wildman–Crippen MR) is 109 cm³/mol. The molecule has 2 aromatic heterocycles. The second kappa shape index (κ2) is 8.61. The smallest absolute Gasteiger partial charge is 0.423 e. The first-order valence-electron chi connectivity index (χ1n) is 10.7. The maximum atomic E-state index is 13.4. The average Bonchev–Trinajstić information content (AvgIpc) is 2.76. The number of nitrogens with one attached hydrogen (secondary N) is 2. The highest BCUT2D eigenvalue weighted by Crippen LogP contribution is 2.36. The molecular weight excluding hydrogens is 443 g/mol. The van der Waals surface area contributed by atoms with Crippen LogP contribution in [0.25, 0.3) is 0 Å². The molecule has 33 heavy (non-hydrogen) atoms. The Morgan fingerprint density at radius 2 is 2.09 bits per heavy atom. The van der Waals surface area contributed by atoms with E-state index in [1.54, 1.807) is 0 Å². The van der Waals surface area contributed by atoms with Crippen LogP contribution >= 0.6 is 0 Å². The normalized spacial score (nSPS) is 21.1. The van der Waals surface area contributed by atoms with E-state index in [4.69, 9.17) is 9.47 Å². The SMILES string of the molecule is O=C1NCCc2c1ncnc2N1CCC[C@@H](Nc2ncc(C(F)(F)F)c(OC3COC3)n2)C1. The molecule has 2 saturated heterocycles. The molecule has 2 aromatic rings. The summed E-state index contributed by atoms with van der Waals surface area (Å²) in [4.78, 5) is 30.6. The van der Waals surface area contributed by atoms with E-state index in [0.717, 1.165) is 31.1 Å². The number of piperidine rings is 1. The zero-order valence-electron chi connectivity index (χ0n) is 17.6. The molecule has 2 N–H and O–H groups in total. The fraction of sp³-hybridized carbons (Fsp3) is 0.550. The van der Waals surface area contributed by atoms with Gasteiger partial charge in [0, 0.05) is 37.4 Å². The van der Waals surface area contributed by atoms with Crippen LogP contribution in [0.2, 0.25) is 0 Å². The van der Waals surface area contributed by atoms with Crippen LogP contribution in [0.4, 0.5) is 24.9 Å². The Morgan fingerprint density at radius 1 is 1.24 bits per heavy atom. The van der Waals surface area contributed by atoms with Crippen LogP contribution < -0.4 is 20.3 Å². The first kappa shape index (κ1) is 21.6. The summed E-state index contributed by atoms with van der Waals surface area (Å²) in [6.45, 7) is 2.25. The lowest BCUT2D eigenvalue weighted by molar-refractivity contribution is -0.142. The van der Waals surface area contributed by atoms with Gasteiger partial charge in [0.25, 0.3) is 5.91 Å². The molecule has 3 aliphatic rings. The van der Waals surface area contributed by atoms with Crippen molar-refractivity contribution in [3.8, 4) is 5.88 Å². The zero-order chi connectivity index (χ0) is 23.0. The van der Waals surface area contributed by atoms with Gasteiger partial charge in [-0.25, -0.2) is 15.0 Å². The van der Waals surface area contributed by atoms with Gasteiger partial charge in [-0.2, -0.15) is 18.2 Å². The first-order valence-corrected chi connectivity index (χ1v) is 10.7. The Bertz CT molecular complexity index is 1050. The molecule has 0 aromatic carbocycles. The molecule has 3 aliphatic heterocycles. The maximum Gasteiger partial charge on any atom is 0.423 e. The Labute approximate surface area is 186 Å². The van der Waals surface area contributed by atoms with Crippen LogP contribution in [0.5, 0.6) is 5.88 Å². The quantitative estimate of drug-likeness (QED) is 0.677. The van der Waals surface area contributed by atoms with E-state index >= 15 is 0 Å². The van der Waals surface area contributed by atoms with E-state index in [-0.39, 0.29) is 31.1 Å². The van der Waals surface area contributed by atoms with Gasteiger partial charge in [0.15, 0.2) is 0 Å². The van der Waals surface area contributed by atoms with E-state index in [0.29, 0.717) is 31.0 Å². The lowest BCUT2D eigenvalue weighted by atomic mass is 10.0. The molecule has 1 atom stereocenters. The molecular formula is C20H22F3N7O3. The number of alkyl halides is 3. The molecule has 2 fully saturated rings. The van der Waals surface area contributed by atoms with Gasteiger partial charge in [-0.15, -0.1) is 0 Å². The van der Waals surface area contributed by atoms with Crippen molar-refractivity contribution in [2.75, 3.05) is 43.1 Å². The summed E-state index contributed by atoms with van der Waals surface area (Å²) in [5.74, 6) is 0.0591. The second-order valence-corrected chi connectivity index (χ2v) is 8.15. The average molecular weight is 465 g/mol. The molecule has 0 radical (unpaired) electrons. The number of hydrogen-bond acceptors (Lipinski definition) is 9. The number of ether oxygens (including phenoxy) is 2. The molecule has 10 nitrogen and oxygen atoms in total. The number of hydrogen-bond donors (Lipinski definition) is 2. The van der Waals surface area contributed by atoms with Crippen molar-refractivity contribution < 1.29 is 27.4 Å². The van der Waals surface area contributed by atoms with Gasteiger partial charge in [-0.05, 0) is 19.3 Å². The molecule has 0 saturated carbocycles. The third-order valence-corrected chi connectivity index (χ3v) is 5.80. The summed E-state index contributed by atoms with van der Waals surface area (Å²) in [7, 11) is 0. The van der Waals surface area contributed by atoms with Crippen molar-refractivity contribution in [1.82, 2.24) is 25.3 Å². The maximum absolute atomic E-state index is 13.4. The standard InChI is InChI=1S/C20H22F3N7O3/c21-20(22,23)14-6-25-19(29-18(14)33-12-8-32-9-12)28-11-2-1-5-30(7-11)16-13-3-4-24-17(31)15(13)26-10-27-16/h6,10-12H,1-5,7-9H2,(H,24,31)(H,25,28,29)/t11-/m1/s1. The van der Waals surface area contributed by atoms with Gasteiger partial charge in [0.2, 0.25) is 11.8 Å². The molecule has 0 spiro atoms. The van der Waals surface area contributed by atoms with Crippen LogP contribution in [-0.2, 0) is 17.3 Å². The van der Waals surface area contributed by atoms with Gasteiger partial charge < -0.3 is 25.0 Å². The highest BCUT2D eigenvalue weighted by atomic mass is 19.4. The van der Waals surface area contributed by atoms with Crippen LogP contribution in [0.3, 0.4) is 0 Å². The molecule has 1 amide bonds. The Hall–Kier alpha value is -3.22. The number of carbonyl (C=O) groups excluding carboxylic acids is 1. The summed E-state index contributed by atoms with van der Waals surface area (Å²) in [6.07, 6.45) is -0.724. The number of rotatable bonds is 5. The fourth-order valence-corrected chi connectivity index (χ4v) is 4.12. The van der Waals surface area contributed by atoms with Crippen LogP contribution in [0, 0.1) is 0 Å². The minimum Gasteiger partial charge on any atom is -0.469 e. The number of halogens is 3. The minimum absolute atomic E-state index is 0.0641. The van der Waals surface area contributed by atoms with Gasteiger partial charge in [-0.1, -0.05) is 0 Å². The van der Waals surface area contributed by atoms with Crippen LogP contribution in [0.1, 0.15) is 34.5 Å². The highest BCUT2D eigenvalue weighted by Gasteiger charge is 2.38. The van der Waals surface area contributed by atoms with E-state index in [2.05, 4.69) is 35.5 Å². The summed E-state index contributed by atoms with van der Waals surface area (Å²) < 4.78 is 50.4. The lowest BCUT2D eigenvalue weighted by Crippen LogP contribution is -2.44. The second-order valence-electron chi connectivity index (χ2n) is 8.15. The van der Waals surface area contributed by atoms with Crippen molar-refractivity contribution >= 4 is 17.7 Å². The van der Waals surface area contributed by atoms with Crippen molar-refractivity contribution in [2.24, 2.45) is 0 Å². The largest absolute Gasteiger partial charge is 0.469 e. The summed E-state index contributed by atoms with van der Waals surface area (Å²) in [5.41, 5.74) is 0.177. The Kier molecular flexibility index (Phi) is 5.64.